The Labute approximate surface area is 95.8 Å². The Morgan fingerprint density at radius 3 is 2.62 bits per heavy atom. The van der Waals surface area contributed by atoms with Crippen LogP contribution < -0.4 is 5.32 Å². The largest absolute Gasteiger partial charge is 0.389 e. The van der Waals surface area contributed by atoms with Gasteiger partial charge in [0.1, 0.15) is 0 Å². The summed E-state index contributed by atoms with van der Waals surface area (Å²) in [6, 6.07) is 0. The van der Waals surface area contributed by atoms with Gasteiger partial charge in [0.05, 0.1) is 0 Å². The second-order valence-electron chi connectivity index (χ2n) is 5.18. The average molecular weight is 237 g/mol. The number of hydrogen-bond acceptors (Lipinski definition) is 1. The summed E-state index contributed by atoms with van der Waals surface area (Å²) in [5, 5.41) is 3.33. The first-order valence-corrected chi connectivity index (χ1v) is 6.15. The summed E-state index contributed by atoms with van der Waals surface area (Å²) in [5.74, 6) is 0.523. The number of nitrogens with one attached hydrogen (secondary N) is 1. The number of rotatable bonds is 4. The summed E-state index contributed by atoms with van der Waals surface area (Å²) in [5.41, 5.74) is 0.102. The van der Waals surface area contributed by atoms with Gasteiger partial charge in [-0.3, -0.25) is 0 Å². The maximum atomic E-state index is 12.1. The van der Waals surface area contributed by atoms with Crippen LogP contribution in [0.25, 0.3) is 0 Å². The molecule has 1 saturated heterocycles. The van der Waals surface area contributed by atoms with Crippen molar-refractivity contribution >= 4 is 0 Å². The van der Waals surface area contributed by atoms with Gasteiger partial charge >= 0.3 is 6.18 Å². The molecule has 1 rings (SSSR count). The predicted molar refractivity (Wildman–Crippen MR) is 59.3 cm³/mol. The van der Waals surface area contributed by atoms with Crippen molar-refractivity contribution in [2.24, 2.45) is 11.3 Å². The highest BCUT2D eigenvalue weighted by molar-refractivity contribution is 4.87. The number of piperidine rings is 1. The summed E-state index contributed by atoms with van der Waals surface area (Å²) in [6.45, 7) is 6.18. The molecule has 1 N–H and O–H groups in total. The Bertz CT molecular complexity index is 215. The first-order valence-electron chi connectivity index (χ1n) is 6.15. The van der Waals surface area contributed by atoms with Gasteiger partial charge in [-0.25, -0.2) is 0 Å². The van der Waals surface area contributed by atoms with Gasteiger partial charge < -0.3 is 5.32 Å². The number of halogens is 3. The van der Waals surface area contributed by atoms with E-state index in [1.807, 2.05) is 0 Å². The van der Waals surface area contributed by atoms with Gasteiger partial charge in [-0.2, -0.15) is 13.2 Å². The van der Waals surface area contributed by atoms with Gasteiger partial charge in [0.2, 0.25) is 0 Å². The second kappa shape index (κ2) is 5.39. The highest BCUT2D eigenvalue weighted by Crippen LogP contribution is 2.41. The molecule has 1 fully saturated rings. The lowest BCUT2D eigenvalue weighted by Gasteiger charge is -2.42. The molecule has 16 heavy (non-hydrogen) atoms. The summed E-state index contributed by atoms with van der Waals surface area (Å²) in [6.07, 6.45) is -1.60. The van der Waals surface area contributed by atoms with E-state index >= 15 is 0 Å². The molecule has 0 aromatic rings. The molecule has 4 heteroatoms. The maximum absolute atomic E-state index is 12.1. The van der Waals surface area contributed by atoms with E-state index in [1.54, 1.807) is 0 Å². The van der Waals surface area contributed by atoms with E-state index in [4.69, 9.17) is 0 Å². The zero-order valence-corrected chi connectivity index (χ0v) is 10.2. The Balaban J connectivity index is 2.42. The molecule has 1 heterocycles. The average Bonchev–Trinajstić information content (AvgIpc) is 2.16. The van der Waals surface area contributed by atoms with E-state index in [0.717, 1.165) is 25.9 Å². The van der Waals surface area contributed by atoms with Crippen LogP contribution in [0.1, 0.15) is 46.0 Å². The topological polar surface area (TPSA) is 12.0 Å². The van der Waals surface area contributed by atoms with E-state index in [2.05, 4.69) is 19.2 Å². The first-order chi connectivity index (χ1) is 7.37. The van der Waals surface area contributed by atoms with E-state index in [9.17, 15) is 13.2 Å². The van der Waals surface area contributed by atoms with Gasteiger partial charge in [-0.15, -0.1) is 0 Å². The molecular formula is C12H22F3N. The summed E-state index contributed by atoms with van der Waals surface area (Å²) < 4.78 is 36.3. The molecule has 0 aliphatic carbocycles. The molecule has 0 bridgehead atoms. The lowest BCUT2D eigenvalue weighted by Crippen LogP contribution is -2.43. The van der Waals surface area contributed by atoms with Crippen LogP contribution in [0.2, 0.25) is 0 Å². The molecular weight excluding hydrogens is 215 g/mol. The molecule has 1 aliphatic heterocycles. The molecule has 1 nitrogen and oxygen atoms in total. The van der Waals surface area contributed by atoms with E-state index < -0.39 is 12.6 Å². The van der Waals surface area contributed by atoms with Crippen LogP contribution in [-0.4, -0.2) is 19.3 Å². The Morgan fingerprint density at radius 1 is 1.38 bits per heavy atom. The third kappa shape index (κ3) is 3.96. The molecule has 0 spiro atoms. The number of alkyl halides is 3. The Hall–Kier alpha value is -0.250. The highest BCUT2D eigenvalue weighted by Gasteiger charge is 2.36. The number of hydrogen-bond donors (Lipinski definition) is 1. The molecule has 96 valence electrons. The van der Waals surface area contributed by atoms with E-state index in [-0.39, 0.29) is 11.8 Å². The second-order valence-corrected chi connectivity index (χ2v) is 5.18. The van der Waals surface area contributed by atoms with Crippen LogP contribution in [0.4, 0.5) is 13.2 Å². The first kappa shape index (κ1) is 13.8. The lowest BCUT2D eigenvalue weighted by atomic mass is 9.68. The van der Waals surface area contributed by atoms with Crippen LogP contribution in [0.5, 0.6) is 0 Å². The van der Waals surface area contributed by atoms with Gasteiger partial charge in [0.25, 0.3) is 0 Å². The van der Waals surface area contributed by atoms with Crippen molar-refractivity contribution in [2.45, 2.75) is 52.1 Å². The molecule has 0 amide bonds. The Morgan fingerprint density at radius 2 is 2.06 bits per heavy atom. The predicted octanol–water partition coefficient (Wildman–Crippen LogP) is 3.74. The third-order valence-corrected chi connectivity index (χ3v) is 3.95. The lowest BCUT2D eigenvalue weighted by molar-refractivity contribution is -0.137. The van der Waals surface area contributed by atoms with Crippen LogP contribution >= 0.6 is 0 Å². The fraction of sp³-hybridized carbons (Fsp3) is 1.00. The minimum Gasteiger partial charge on any atom is -0.316 e. The van der Waals surface area contributed by atoms with Crippen molar-refractivity contribution in [1.82, 2.24) is 5.32 Å². The summed E-state index contributed by atoms with van der Waals surface area (Å²) in [7, 11) is 0. The van der Waals surface area contributed by atoms with Gasteiger partial charge in [0, 0.05) is 6.42 Å². The van der Waals surface area contributed by atoms with E-state index in [1.165, 1.54) is 0 Å². The van der Waals surface area contributed by atoms with Crippen molar-refractivity contribution in [3.8, 4) is 0 Å². The standard InChI is InChI=1S/C12H22F3N/c1-3-10-9-16-8-7-11(10,2)5-4-6-12(13,14)15/h10,16H,3-9H2,1-2H3. The van der Waals surface area contributed by atoms with Crippen LogP contribution in [0.3, 0.4) is 0 Å². The molecule has 2 unspecified atom stereocenters. The third-order valence-electron chi connectivity index (χ3n) is 3.95. The Kier molecular flexibility index (Phi) is 4.65. The van der Waals surface area contributed by atoms with Crippen LogP contribution in [-0.2, 0) is 0 Å². The summed E-state index contributed by atoms with van der Waals surface area (Å²) in [4.78, 5) is 0. The maximum Gasteiger partial charge on any atom is 0.389 e. The molecule has 0 radical (unpaired) electrons. The minimum absolute atomic E-state index is 0.102. The molecule has 0 saturated carbocycles. The van der Waals surface area contributed by atoms with Gasteiger partial charge in [0.15, 0.2) is 0 Å². The van der Waals surface area contributed by atoms with Crippen molar-refractivity contribution < 1.29 is 13.2 Å². The van der Waals surface area contributed by atoms with Crippen molar-refractivity contribution in [3.05, 3.63) is 0 Å². The zero-order chi connectivity index (χ0) is 12.2. The normalized spacial score (nSPS) is 31.7. The van der Waals surface area contributed by atoms with Gasteiger partial charge in [-0.05, 0) is 43.7 Å². The molecule has 1 aliphatic rings. The van der Waals surface area contributed by atoms with Crippen molar-refractivity contribution in [2.75, 3.05) is 13.1 Å². The van der Waals surface area contributed by atoms with Crippen LogP contribution in [0.15, 0.2) is 0 Å². The van der Waals surface area contributed by atoms with Gasteiger partial charge in [-0.1, -0.05) is 20.3 Å². The fourth-order valence-corrected chi connectivity index (χ4v) is 2.76. The molecule has 0 aromatic carbocycles. The van der Waals surface area contributed by atoms with Crippen molar-refractivity contribution in [1.29, 1.82) is 0 Å². The molecule has 2 atom stereocenters. The van der Waals surface area contributed by atoms with Crippen LogP contribution in [0, 0.1) is 11.3 Å². The summed E-state index contributed by atoms with van der Waals surface area (Å²) >= 11 is 0. The zero-order valence-electron chi connectivity index (χ0n) is 10.2. The quantitative estimate of drug-likeness (QED) is 0.785. The SMILES string of the molecule is CCC1CNCCC1(C)CCCC(F)(F)F. The van der Waals surface area contributed by atoms with E-state index in [0.29, 0.717) is 12.3 Å². The minimum atomic E-state index is -4.00. The van der Waals surface area contributed by atoms with Crippen molar-refractivity contribution in [3.63, 3.8) is 0 Å². The fourth-order valence-electron chi connectivity index (χ4n) is 2.76. The monoisotopic (exact) mass is 237 g/mol. The smallest absolute Gasteiger partial charge is 0.316 e. The highest BCUT2D eigenvalue weighted by atomic mass is 19.4. The molecule has 0 aromatic heterocycles.